The summed E-state index contributed by atoms with van der Waals surface area (Å²) < 4.78 is 5.81. The third-order valence-corrected chi connectivity index (χ3v) is 1.58. The van der Waals surface area contributed by atoms with Gasteiger partial charge in [-0.15, -0.1) is 0 Å². The molecular formula is C8H7BrO2. The molecule has 0 N–H and O–H groups in total. The minimum Gasteiger partial charge on any atom is -0.450 e. The van der Waals surface area contributed by atoms with Crippen LogP contribution in [0.2, 0.25) is 0 Å². The smallest absolute Gasteiger partial charge is 0.169 e. The highest BCUT2D eigenvalue weighted by Crippen LogP contribution is 2.15. The Morgan fingerprint density at radius 1 is 1.64 bits per heavy atom. The van der Waals surface area contributed by atoms with Gasteiger partial charge in [0.2, 0.25) is 0 Å². The van der Waals surface area contributed by atoms with Crippen LogP contribution in [-0.4, -0.2) is 6.29 Å². The van der Waals surface area contributed by atoms with E-state index in [1.807, 2.05) is 0 Å². The van der Waals surface area contributed by atoms with Crippen molar-refractivity contribution in [2.24, 2.45) is 0 Å². The van der Waals surface area contributed by atoms with Crippen LogP contribution in [0.3, 0.4) is 0 Å². The molecular weight excluding hydrogens is 208 g/mol. The summed E-state index contributed by atoms with van der Waals surface area (Å²) in [7, 11) is 0. The van der Waals surface area contributed by atoms with Crippen molar-refractivity contribution in [1.29, 1.82) is 0 Å². The van der Waals surface area contributed by atoms with Crippen molar-refractivity contribution >= 4 is 28.3 Å². The first kappa shape index (κ1) is 8.27. The zero-order valence-electron chi connectivity index (χ0n) is 6.00. The number of hydrogen-bond donors (Lipinski definition) is 0. The van der Waals surface area contributed by atoms with Crippen LogP contribution in [0.25, 0.3) is 6.08 Å². The van der Waals surface area contributed by atoms with Crippen molar-refractivity contribution in [3.05, 3.63) is 28.1 Å². The highest BCUT2D eigenvalue weighted by atomic mass is 79.9. The zero-order valence-corrected chi connectivity index (χ0v) is 7.59. The summed E-state index contributed by atoms with van der Waals surface area (Å²) in [5.41, 5.74) is 0.645. The summed E-state index contributed by atoms with van der Waals surface area (Å²) in [6.45, 7) is 1.73. The molecule has 0 spiro atoms. The van der Waals surface area contributed by atoms with E-state index in [1.165, 1.54) is 0 Å². The van der Waals surface area contributed by atoms with Crippen molar-refractivity contribution in [3.63, 3.8) is 0 Å². The number of rotatable bonds is 2. The van der Waals surface area contributed by atoms with E-state index in [-0.39, 0.29) is 0 Å². The van der Waals surface area contributed by atoms with Crippen molar-refractivity contribution < 1.29 is 9.21 Å². The molecule has 0 aliphatic heterocycles. The Labute approximate surface area is 73.0 Å². The highest BCUT2D eigenvalue weighted by molar-refractivity contribution is 9.10. The average molecular weight is 215 g/mol. The SMILES string of the molecule is CC(C=O)=Cc1ccc(Br)o1. The van der Waals surface area contributed by atoms with Crippen molar-refractivity contribution in [2.45, 2.75) is 6.92 Å². The van der Waals surface area contributed by atoms with Gasteiger partial charge >= 0.3 is 0 Å². The molecule has 1 aromatic rings. The minimum atomic E-state index is 0.645. The van der Waals surface area contributed by atoms with E-state index in [0.29, 0.717) is 16.0 Å². The van der Waals surface area contributed by atoms with Crippen LogP contribution in [0.15, 0.2) is 26.8 Å². The first-order valence-corrected chi connectivity index (χ1v) is 3.90. The Balaban J connectivity index is 2.86. The number of carbonyl (C=O) groups excluding carboxylic acids is 1. The Bertz CT molecular complexity index is 286. The molecule has 0 bridgehead atoms. The molecule has 0 atom stereocenters. The second-order valence-electron chi connectivity index (χ2n) is 2.15. The molecule has 0 radical (unpaired) electrons. The maximum atomic E-state index is 10.2. The summed E-state index contributed by atoms with van der Waals surface area (Å²) >= 11 is 3.16. The fourth-order valence-corrected chi connectivity index (χ4v) is 0.983. The van der Waals surface area contributed by atoms with E-state index in [9.17, 15) is 4.79 Å². The van der Waals surface area contributed by atoms with Crippen LogP contribution in [0.1, 0.15) is 12.7 Å². The van der Waals surface area contributed by atoms with E-state index >= 15 is 0 Å². The van der Waals surface area contributed by atoms with Gasteiger partial charge in [0.1, 0.15) is 12.0 Å². The molecule has 11 heavy (non-hydrogen) atoms. The summed E-state index contributed by atoms with van der Waals surface area (Å²) in [5.74, 6) is 0.682. The Morgan fingerprint density at radius 3 is 2.82 bits per heavy atom. The fraction of sp³-hybridized carbons (Fsp3) is 0.125. The van der Waals surface area contributed by atoms with Crippen molar-refractivity contribution in [1.82, 2.24) is 0 Å². The second-order valence-corrected chi connectivity index (χ2v) is 2.93. The average Bonchev–Trinajstić information content (AvgIpc) is 2.35. The molecule has 0 unspecified atom stereocenters. The van der Waals surface area contributed by atoms with Crippen LogP contribution < -0.4 is 0 Å². The molecule has 0 amide bonds. The first-order chi connectivity index (χ1) is 5.22. The first-order valence-electron chi connectivity index (χ1n) is 3.11. The number of allylic oxidation sites excluding steroid dienone is 1. The molecule has 0 saturated heterocycles. The zero-order chi connectivity index (χ0) is 8.27. The van der Waals surface area contributed by atoms with Gasteiger partial charge in [-0.05, 0) is 46.6 Å². The molecule has 0 aromatic carbocycles. The third-order valence-electron chi connectivity index (χ3n) is 1.15. The minimum absolute atomic E-state index is 0.645. The van der Waals surface area contributed by atoms with E-state index < -0.39 is 0 Å². The summed E-state index contributed by atoms with van der Waals surface area (Å²) in [5, 5.41) is 0. The van der Waals surface area contributed by atoms with E-state index in [4.69, 9.17) is 4.42 Å². The Hall–Kier alpha value is -0.830. The van der Waals surface area contributed by atoms with Gasteiger partial charge in [-0.1, -0.05) is 0 Å². The van der Waals surface area contributed by atoms with E-state index in [1.54, 1.807) is 25.1 Å². The molecule has 1 rings (SSSR count). The lowest BCUT2D eigenvalue weighted by atomic mass is 10.3. The van der Waals surface area contributed by atoms with Gasteiger partial charge < -0.3 is 4.42 Å². The number of hydrogen-bond acceptors (Lipinski definition) is 2. The molecule has 1 aromatic heterocycles. The van der Waals surface area contributed by atoms with E-state index in [0.717, 1.165) is 6.29 Å². The molecule has 58 valence electrons. The lowest BCUT2D eigenvalue weighted by Crippen LogP contribution is -1.73. The maximum Gasteiger partial charge on any atom is 0.169 e. The van der Waals surface area contributed by atoms with Gasteiger partial charge in [0.15, 0.2) is 4.67 Å². The third kappa shape index (κ3) is 2.35. The topological polar surface area (TPSA) is 30.2 Å². The fourth-order valence-electron chi connectivity index (χ4n) is 0.664. The van der Waals surface area contributed by atoms with Crippen LogP contribution in [0.4, 0.5) is 0 Å². The second kappa shape index (κ2) is 3.53. The van der Waals surface area contributed by atoms with Crippen LogP contribution in [0.5, 0.6) is 0 Å². The summed E-state index contributed by atoms with van der Waals surface area (Å²) in [4.78, 5) is 10.2. The molecule has 0 fully saturated rings. The Kier molecular flexibility index (Phi) is 2.65. The molecule has 0 aliphatic rings. The quantitative estimate of drug-likeness (QED) is 0.560. The monoisotopic (exact) mass is 214 g/mol. The predicted octanol–water partition coefficient (Wildman–Crippen LogP) is 2.64. The molecule has 0 aliphatic carbocycles. The lowest BCUT2D eigenvalue weighted by molar-refractivity contribution is -0.104. The normalized spacial score (nSPS) is 11.6. The van der Waals surface area contributed by atoms with Gasteiger partial charge in [-0.3, -0.25) is 4.79 Å². The standard InChI is InChI=1S/C8H7BrO2/c1-6(5-10)4-7-2-3-8(9)11-7/h2-5H,1H3. The van der Waals surface area contributed by atoms with Crippen LogP contribution in [0, 0.1) is 0 Å². The van der Waals surface area contributed by atoms with Crippen LogP contribution in [-0.2, 0) is 4.79 Å². The molecule has 0 saturated carbocycles. The van der Waals surface area contributed by atoms with Crippen molar-refractivity contribution in [3.8, 4) is 0 Å². The van der Waals surface area contributed by atoms with E-state index in [2.05, 4.69) is 15.9 Å². The number of furan rings is 1. The summed E-state index contributed by atoms with van der Waals surface area (Å²) in [6.07, 6.45) is 2.47. The van der Waals surface area contributed by atoms with Crippen LogP contribution >= 0.6 is 15.9 Å². The Morgan fingerprint density at radius 2 is 2.36 bits per heavy atom. The highest BCUT2D eigenvalue weighted by Gasteiger charge is 1.94. The number of carbonyl (C=O) groups is 1. The lowest BCUT2D eigenvalue weighted by Gasteiger charge is -1.85. The number of halogens is 1. The molecule has 1 heterocycles. The largest absolute Gasteiger partial charge is 0.450 e. The summed E-state index contributed by atoms with van der Waals surface area (Å²) in [6, 6.07) is 3.57. The molecule has 2 nitrogen and oxygen atoms in total. The van der Waals surface area contributed by atoms with Gasteiger partial charge in [0, 0.05) is 0 Å². The predicted molar refractivity (Wildman–Crippen MR) is 46.1 cm³/mol. The van der Waals surface area contributed by atoms with Crippen molar-refractivity contribution in [2.75, 3.05) is 0 Å². The van der Waals surface area contributed by atoms with Gasteiger partial charge in [-0.2, -0.15) is 0 Å². The van der Waals surface area contributed by atoms with Gasteiger partial charge in [-0.25, -0.2) is 0 Å². The molecule has 3 heteroatoms. The number of aldehydes is 1. The maximum absolute atomic E-state index is 10.2. The van der Waals surface area contributed by atoms with Gasteiger partial charge in [0.25, 0.3) is 0 Å². The van der Waals surface area contributed by atoms with Gasteiger partial charge in [0.05, 0.1) is 0 Å².